The van der Waals surface area contributed by atoms with Gasteiger partial charge in [-0.25, -0.2) is 9.47 Å². The van der Waals surface area contributed by atoms with E-state index in [4.69, 9.17) is 22.2 Å². The van der Waals surface area contributed by atoms with Crippen LogP contribution in [0.3, 0.4) is 0 Å². The number of carbonyl (C=O) groups excluding carboxylic acids is 2. The molecule has 0 saturated carbocycles. The third-order valence-electron chi connectivity index (χ3n) is 4.08. The van der Waals surface area contributed by atoms with Gasteiger partial charge >= 0.3 is 5.97 Å². The number of nitrogen functional groups attached to an aromatic ring is 1. The highest BCUT2D eigenvalue weighted by Crippen LogP contribution is 2.23. The largest absolute Gasteiger partial charge is 0.467 e. The van der Waals surface area contributed by atoms with Gasteiger partial charge < -0.3 is 15.9 Å². The Labute approximate surface area is 166 Å². The van der Waals surface area contributed by atoms with Crippen molar-refractivity contribution in [2.24, 2.45) is 5.92 Å². The number of carbonyl (C=O) groups is 2. The van der Waals surface area contributed by atoms with Crippen molar-refractivity contribution in [1.82, 2.24) is 20.2 Å². The topological polar surface area (TPSA) is 112 Å². The molecule has 0 bridgehead atoms. The number of methoxy groups -OCH3 is 1. The first-order chi connectivity index (χ1) is 12.9. The van der Waals surface area contributed by atoms with Gasteiger partial charge in [-0.2, -0.15) is 0 Å². The molecule has 1 aromatic heterocycles. The highest BCUT2D eigenvalue weighted by atomic mass is 35.5. The van der Waals surface area contributed by atoms with Crippen LogP contribution in [0.2, 0.25) is 5.02 Å². The summed E-state index contributed by atoms with van der Waals surface area (Å²) in [6, 6.07) is 6.34. The predicted octanol–water partition coefficient (Wildman–Crippen LogP) is 2.11. The van der Waals surface area contributed by atoms with E-state index in [1.54, 1.807) is 24.3 Å². The van der Waals surface area contributed by atoms with Gasteiger partial charge in [0.05, 0.1) is 12.9 Å². The summed E-state index contributed by atoms with van der Waals surface area (Å²) >= 11 is 7.01. The molecular formula is C17H22ClN5O3S. The Bertz CT molecular complexity index is 796. The number of nitrogens with zero attached hydrogens (tertiary/aromatic N) is 3. The first kappa shape index (κ1) is 21.0. The zero-order chi connectivity index (χ0) is 20.0. The maximum Gasteiger partial charge on any atom is 0.328 e. The van der Waals surface area contributed by atoms with Crippen LogP contribution < -0.4 is 11.2 Å². The molecule has 2 rings (SSSR count). The number of hydrogen-bond acceptors (Lipinski definition) is 7. The number of hydrogen-bond donors (Lipinski definition) is 2. The number of rotatable bonds is 8. The minimum Gasteiger partial charge on any atom is -0.467 e. The van der Waals surface area contributed by atoms with Gasteiger partial charge in [0.25, 0.3) is 0 Å². The van der Waals surface area contributed by atoms with Gasteiger partial charge in [-0.15, -0.1) is 10.2 Å². The molecule has 0 aliphatic rings. The van der Waals surface area contributed by atoms with Crippen molar-refractivity contribution < 1.29 is 14.3 Å². The quantitative estimate of drug-likeness (QED) is 0.388. The van der Waals surface area contributed by atoms with Crippen molar-refractivity contribution in [1.29, 1.82) is 0 Å². The lowest BCUT2D eigenvalue weighted by Crippen LogP contribution is -2.46. The van der Waals surface area contributed by atoms with Crippen LogP contribution in [-0.4, -0.2) is 45.7 Å². The molecule has 8 nitrogen and oxygen atoms in total. The van der Waals surface area contributed by atoms with Crippen LogP contribution >= 0.6 is 23.4 Å². The van der Waals surface area contributed by atoms with Gasteiger partial charge in [-0.3, -0.25) is 4.79 Å². The lowest BCUT2D eigenvalue weighted by atomic mass is 9.99. The summed E-state index contributed by atoms with van der Waals surface area (Å²) in [5, 5.41) is 11.8. The van der Waals surface area contributed by atoms with Gasteiger partial charge in [-0.05, 0) is 30.2 Å². The lowest BCUT2D eigenvalue weighted by molar-refractivity contribution is -0.146. The fraction of sp³-hybridized carbons (Fsp3) is 0.412. The highest BCUT2D eigenvalue weighted by molar-refractivity contribution is 7.99. The van der Waals surface area contributed by atoms with Crippen molar-refractivity contribution in [2.45, 2.75) is 31.5 Å². The number of nitrogens with one attached hydrogen (secondary N) is 1. The molecule has 146 valence electrons. The van der Waals surface area contributed by atoms with E-state index in [1.165, 1.54) is 11.8 Å². The van der Waals surface area contributed by atoms with Gasteiger partial charge in [0, 0.05) is 10.6 Å². The van der Waals surface area contributed by atoms with Gasteiger partial charge in [0.1, 0.15) is 6.04 Å². The molecular weight excluding hydrogens is 390 g/mol. The van der Waals surface area contributed by atoms with Crippen molar-refractivity contribution in [3.8, 4) is 11.4 Å². The molecule has 1 aromatic carbocycles. The zero-order valence-electron chi connectivity index (χ0n) is 15.3. The van der Waals surface area contributed by atoms with Crippen molar-refractivity contribution in [3.05, 3.63) is 29.3 Å². The highest BCUT2D eigenvalue weighted by Gasteiger charge is 2.26. The monoisotopic (exact) mass is 411 g/mol. The van der Waals surface area contributed by atoms with Crippen LogP contribution in [0.4, 0.5) is 0 Å². The fourth-order valence-electron chi connectivity index (χ4n) is 2.31. The number of esters is 1. The Morgan fingerprint density at radius 3 is 2.59 bits per heavy atom. The van der Waals surface area contributed by atoms with E-state index in [1.807, 2.05) is 13.8 Å². The molecule has 1 heterocycles. The smallest absolute Gasteiger partial charge is 0.328 e. The molecule has 0 fully saturated rings. The van der Waals surface area contributed by atoms with E-state index in [2.05, 4.69) is 15.5 Å². The fourth-order valence-corrected chi connectivity index (χ4v) is 3.11. The van der Waals surface area contributed by atoms with Crippen molar-refractivity contribution in [2.75, 3.05) is 18.7 Å². The summed E-state index contributed by atoms with van der Waals surface area (Å²) in [4.78, 5) is 24.1. The molecule has 0 aliphatic heterocycles. The van der Waals surface area contributed by atoms with E-state index in [0.717, 1.165) is 23.7 Å². The number of nitrogens with two attached hydrogens (primary N) is 1. The Morgan fingerprint density at radius 1 is 1.33 bits per heavy atom. The molecule has 0 radical (unpaired) electrons. The van der Waals surface area contributed by atoms with Crippen LogP contribution in [0.1, 0.15) is 20.3 Å². The first-order valence-corrected chi connectivity index (χ1v) is 9.70. The van der Waals surface area contributed by atoms with Crippen LogP contribution in [0.5, 0.6) is 0 Å². The SMILES string of the molecule is CC[C@H](C)[C@@H](NC(=O)CSc1nnc(-c2ccc(Cl)cc2)n1N)C(=O)OC. The Balaban J connectivity index is 2.01. The summed E-state index contributed by atoms with van der Waals surface area (Å²) < 4.78 is 6.08. The van der Waals surface area contributed by atoms with Crippen molar-refractivity contribution in [3.63, 3.8) is 0 Å². The number of aromatic nitrogens is 3. The molecule has 27 heavy (non-hydrogen) atoms. The van der Waals surface area contributed by atoms with Crippen LogP contribution in [-0.2, 0) is 14.3 Å². The third kappa shape index (κ3) is 5.36. The minimum absolute atomic E-state index is 0.0407. The summed E-state index contributed by atoms with van der Waals surface area (Å²) in [7, 11) is 1.30. The average molecular weight is 412 g/mol. The molecule has 0 spiro atoms. The number of benzene rings is 1. The Kier molecular flexibility index (Phi) is 7.49. The summed E-state index contributed by atoms with van der Waals surface area (Å²) in [5.74, 6) is 5.72. The number of amides is 1. The van der Waals surface area contributed by atoms with E-state index in [9.17, 15) is 9.59 Å². The van der Waals surface area contributed by atoms with Crippen LogP contribution in [0.15, 0.2) is 29.4 Å². The molecule has 0 unspecified atom stereocenters. The second-order valence-electron chi connectivity index (χ2n) is 5.93. The second-order valence-corrected chi connectivity index (χ2v) is 7.30. The summed E-state index contributed by atoms with van der Waals surface area (Å²) in [6.07, 6.45) is 0.731. The summed E-state index contributed by atoms with van der Waals surface area (Å²) in [6.45, 7) is 3.82. The van der Waals surface area contributed by atoms with E-state index in [-0.39, 0.29) is 17.6 Å². The van der Waals surface area contributed by atoms with Crippen LogP contribution in [0, 0.1) is 5.92 Å². The normalized spacial score (nSPS) is 13.0. The number of thioether (sulfide) groups is 1. The molecule has 10 heteroatoms. The molecule has 2 atom stereocenters. The zero-order valence-corrected chi connectivity index (χ0v) is 16.9. The van der Waals surface area contributed by atoms with Crippen molar-refractivity contribution >= 4 is 35.2 Å². The predicted molar refractivity (Wildman–Crippen MR) is 105 cm³/mol. The average Bonchev–Trinajstić information content (AvgIpc) is 3.04. The third-order valence-corrected chi connectivity index (χ3v) is 5.28. The molecule has 0 saturated heterocycles. The second kappa shape index (κ2) is 9.61. The van der Waals surface area contributed by atoms with Gasteiger partial charge in [-0.1, -0.05) is 43.6 Å². The van der Waals surface area contributed by atoms with Gasteiger partial charge in [0.2, 0.25) is 11.1 Å². The maximum atomic E-state index is 12.2. The number of halogens is 1. The Hall–Kier alpha value is -2.26. The summed E-state index contributed by atoms with van der Waals surface area (Å²) in [5.41, 5.74) is 0.758. The van der Waals surface area contributed by atoms with Crippen LogP contribution in [0.25, 0.3) is 11.4 Å². The lowest BCUT2D eigenvalue weighted by Gasteiger charge is -2.21. The maximum absolute atomic E-state index is 12.2. The molecule has 3 N–H and O–H groups in total. The standard InChI is InChI=1S/C17H22ClN5O3S/c1-4-10(2)14(16(25)26-3)20-13(24)9-27-17-22-21-15(23(17)19)11-5-7-12(18)8-6-11/h5-8,10,14H,4,9,19H2,1-3H3,(H,20,24)/t10-,14+/m0/s1. The number of ether oxygens (including phenoxy) is 1. The Morgan fingerprint density at radius 2 is 2.00 bits per heavy atom. The molecule has 2 aromatic rings. The minimum atomic E-state index is -0.687. The first-order valence-electron chi connectivity index (χ1n) is 8.33. The molecule has 0 aliphatic carbocycles. The molecule has 1 amide bonds. The van der Waals surface area contributed by atoms with E-state index < -0.39 is 12.0 Å². The van der Waals surface area contributed by atoms with E-state index in [0.29, 0.717) is 16.0 Å². The van der Waals surface area contributed by atoms with Gasteiger partial charge in [0.15, 0.2) is 5.82 Å². The van der Waals surface area contributed by atoms with E-state index >= 15 is 0 Å².